The second kappa shape index (κ2) is 9.86. The van der Waals surface area contributed by atoms with Crippen molar-refractivity contribution >= 4 is 0 Å². The molecule has 3 nitrogen and oxygen atoms in total. The zero-order chi connectivity index (χ0) is 12.3. The number of hydrogen-bond donors (Lipinski definition) is 1. The van der Waals surface area contributed by atoms with Crippen molar-refractivity contribution in [3.8, 4) is 0 Å². The second-order valence-electron chi connectivity index (χ2n) is 5.14. The van der Waals surface area contributed by atoms with Crippen molar-refractivity contribution < 1.29 is 4.74 Å². The van der Waals surface area contributed by atoms with Crippen molar-refractivity contribution in [2.24, 2.45) is 0 Å². The first-order valence-corrected chi connectivity index (χ1v) is 7.32. The smallest absolute Gasteiger partial charge is 0.0593 e. The summed E-state index contributed by atoms with van der Waals surface area (Å²) in [5.74, 6) is 0. The second-order valence-corrected chi connectivity index (χ2v) is 5.14. The highest BCUT2D eigenvalue weighted by Crippen LogP contribution is 2.17. The van der Waals surface area contributed by atoms with E-state index in [9.17, 15) is 0 Å². The number of hydrogen-bond acceptors (Lipinski definition) is 3. The van der Waals surface area contributed by atoms with Gasteiger partial charge in [0.2, 0.25) is 0 Å². The first-order valence-electron chi connectivity index (χ1n) is 7.32. The molecule has 0 radical (unpaired) electrons. The molecule has 0 atom stereocenters. The fraction of sp³-hybridized carbons (Fsp3) is 1.00. The molecule has 0 aromatic heterocycles. The van der Waals surface area contributed by atoms with Crippen molar-refractivity contribution in [2.75, 3.05) is 39.9 Å². The first kappa shape index (κ1) is 14.9. The fourth-order valence-corrected chi connectivity index (χ4v) is 2.44. The van der Waals surface area contributed by atoms with Crippen LogP contribution in [-0.4, -0.2) is 50.8 Å². The topological polar surface area (TPSA) is 24.5 Å². The number of nitrogens with zero attached hydrogens (tertiary/aromatic N) is 1. The maximum Gasteiger partial charge on any atom is 0.0593 e. The quantitative estimate of drug-likeness (QED) is 0.628. The van der Waals surface area contributed by atoms with Crippen LogP contribution in [0.15, 0.2) is 0 Å². The van der Waals surface area contributed by atoms with Gasteiger partial charge in [-0.1, -0.05) is 19.3 Å². The average molecular weight is 242 g/mol. The fourth-order valence-electron chi connectivity index (χ4n) is 2.44. The van der Waals surface area contributed by atoms with Crippen molar-refractivity contribution in [2.45, 2.75) is 51.5 Å². The van der Waals surface area contributed by atoms with Gasteiger partial charge in [0, 0.05) is 19.2 Å². The van der Waals surface area contributed by atoms with Crippen LogP contribution in [-0.2, 0) is 4.74 Å². The summed E-state index contributed by atoms with van der Waals surface area (Å²) in [7, 11) is 2.18. The zero-order valence-corrected chi connectivity index (χ0v) is 11.7. The Bertz CT molecular complexity index is 170. The highest BCUT2D eigenvalue weighted by atomic mass is 16.5. The van der Waals surface area contributed by atoms with Gasteiger partial charge in [0.25, 0.3) is 0 Å². The zero-order valence-electron chi connectivity index (χ0n) is 11.7. The van der Waals surface area contributed by atoms with E-state index in [0.29, 0.717) is 0 Å². The molecule has 1 saturated carbocycles. The monoisotopic (exact) mass is 242 g/mol. The summed E-state index contributed by atoms with van der Waals surface area (Å²) >= 11 is 0. The minimum absolute atomic E-state index is 0.803. The van der Waals surface area contributed by atoms with E-state index < -0.39 is 0 Å². The average Bonchev–Trinajstić information content (AvgIpc) is 2.36. The molecule has 1 aliphatic carbocycles. The lowest BCUT2D eigenvalue weighted by molar-refractivity contribution is 0.122. The van der Waals surface area contributed by atoms with Gasteiger partial charge in [0.15, 0.2) is 0 Å². The summed E-state index contributed by atoms with van der Waals surface area (Å²) < 4.78 is 5.35. The van der Waals surface area contributed by atoms with Crippen LogP contribution in [0, 0.1) is 0 Å². The molecule has 0 amide bonds. The number of nitrogens with one attached hydrogen (secondary N) is 1. The summed E-state index contributed by atoms with van der Waals surface area (Å²) in [6, 6.07) is 0.803. The molecule has 1 rings (SSSR count). The van der Waals surface area contributed by atoms with E-state index in [-0.39, 0.29) is 0 Å². The normalized spacial score (nSPS) is 17.8. The third kappa shape index (κ3) is 7.74. The predicted octanol–water partition coefficient (Wildman–Crippen LogP) is 2.27. The van der Waals surface area contributed by atoms with Gasteiger partial charge >= 0.3 is 0 Å². The van der Waals surface area contributed by atoms with Crippen LogP contribution in [0.25, 0.3) is 0 Å². The third-order valence-electron chi connectivity index (χ3n) is 3.58. The van der Waals surface area contributed by atoms with E-state index >= 15 is 0 Å². The van der Waals surface area contributed by atoms with Gasteiger partial charge in [0.1, 0.15) is 0 Å². The molecular formula is C14H30N2O. The summed E-state index contributed by atoms with van der Waals surface area (Å²) in [6.45, 7) is 7.14. The lowest BCUT2D eigenvalue weighted by atomic mass is 9.95. The van der Waals surface area contributed by atoms with Gasteiger partial charge in [-0.05, 0) is 46.3 Å². The maximum absolute atomic E-state index is 5.35. The van der Waals surface area contributed by atoms with Gasteiger partial charge in [-0.2, -0.15) is 0 Å². The SMILES string of the molecule is CCOCCN(C)CCCNC1CCCCC1. The lowest BCUT2D eigenvalue weighted by Gasteiger charge is -2.23. The molecule has 0 bridgehead atoms. The molecule has 0 aromatic rings. The highest BCUT2D eigenvalue weighted by molar-refractivity contribution is 4.71. The van der Waals surface area contributed by atoms with Gasteiger partial charge in [-0.15, -0.1) is 0 Å². The van der Waals surface area contributed by atoms with Crippen LogP contribution in [0.3, 0.4) is 0 Å². The van der Waals surface area contributed by atoms with Crippen LogP contribution in [0.5, 0.6) is 0 Å². The molecule has 17 heavy (non-hydrogen) atoms. The van der Waals surface area contributed by atoms with Crippen molar-refractivity contribution in [1.82, 2.24) is 10.2 Å². The van der Waals surface area contributed by atoms with Crippen LogP contribution in [0.4, 0.5) is 0 Å². The number of ether oxygens (including phenoxy) is 1. The van der Waals surface area contributed by atoms with E-state index in [4.69, 9.17) is 4.74 Å². The van der Waals surface area contributed by atoms with E-state index in [0.717, 1.165) is 25.8 Å². The van der Waals surface area contributed by atoms with Crippen LogP contribution >= 0.6 is 0 Å². The van der Waals surface area contributed by atoms with Crippen LogP contribution < -0.4 is 5.32 Å². The minimum Gasteiger partial charge on any atom is -0.380 e. The molecule has 1 fully saturated rings. The van der Waals surface area contributed by atoms with E-state index in [1.807, 2.05) is 6.92 Å². The standard InChI is InChI=1S/C14H30N2O/c1-3-17-13-12-16(2)11-7-10-15-14-8-5-4-6-9-14/h14-15H,3-13H2,1-2H3. The minimum atomic E-state index is 0.803. The summed E-state index contributed by atoms with van der Waals surface area (Å²) in [4.78, 5) is 2.36. The molecule has 3 heteroatoms. The van der Waals surface area contributed by atoms with Crippen molar-refractivity contribution in [3.63, 3.8) is 0 Å². The molecule has 1 aliphatic rings. The third-order valence-corrected chi connectivity index (χ3v) is 3.58. The lowest BCUT2D eigenvalue weighted by Crippen LogP contribution is -2.33. The molecule has 0 saturated heterocycles. The van der Waals surface area contributed by atoms with E-state index in [1.54, 1.807) is 0 Å². The van der Waals surface area contributed by atoms with E-state index in [2.05, 4.69) is 17.3 Å². The summed E-state index contributed by atoms with van der Waals surface area (Å²) in [5.41, 5.74) is 0. The maximum atomic E-state index is 5.35. The van der Waals surface area contributed by atoms with E-state index in [1.165, 1.54) is 51.6 Å². The Morgan fingerprint density at radius 3 is 2.65 bits per heavy atom. The molecule has 0 unspecified atom stereocenters. The molecule has 0 aliphatic heterocycles. The Hall–Kier alpha value is -0.120. The Kier molecular flexibility index (Phi) is 8.67. The molecule has 0 spiro atoms. The molecule has 1 N–H and O–H groups in total. The Morgan fingerprint density at radius 1 is 1.18 bits per heavy atom. The number of rotatable bonds is 9. The van der Waals surface area contributed by atoms with Gasteiger partial charge in [0.05, 0.1) is 6.61 Å². The summed E-state index contributed by atoms with van der Waals surface area (Å²) in [6.07, 6.45) is 8.32. The predicted molar refractivity (Wildman–Crippen MR) is 73.5 cm³/mol. The Balaban J connectivity index is 1.88. The van der Waals surface area contributed by atoms with Crippen molar-refractivity contribution in [3.05, 3.63) is 0 Å². The highest BCUT2D eigenvalue weighted by Gasteiger charge is 2.11. The molecule has 102 valence electrons. The van der Waals surface area contributed by atoms with Gasteiger partial charge in [-0.3, -0.25) is 0 Å². The number of likely N-dealkylation sites (N-methyl/N-ethyl adjacent to an activating group) is 1. The van der Waals surface area contributed by atoms with Gasteiger partial charge in [-0.25, -0.2) is 0 Å². The van der Waals surface area contributed by atoms with Crippen LogP contribution in [0.2, 0.25) is 0 Å². The Labute approximate surface area is 107 Å². The molecular weight excluding hydrogens is 212 g/mol. The van der Waals surface area contributed by atoms with Crippen LogP contribution in [0.1, 0.15) is 45.4 Å². The summed E-state index contributed by atoms with van der Waals surface area (Å²) in [5, 5.41) is 3.69. The first-order chi connectivity index (χ1) is 8.33. The Morgan fingerprint density at radius 2 is 1.94 bits per heavy atom. The molecule has 0 heterocycles. The molecule has 0 aromatic carbocycles. The largest absolute Gasteiger partial charge is 0.380 e. The van der Waals surface area contributed by atoms with Crippen molar-refractivity contribution in [1.29, 1.82) is 0 Å². The van der Waals surface area contributed by atoms with Gasteiger partial charge < -0.3 is 15.0 Å².